The third kappa shape index (κ3) is 4.30. The minimum Gasteiger partial charge on any atom is -0.336 e. The Morgan fingerprint density at radius 1 is 1.03 bits per heavy atom. The number of rotatable bonds is 5. The highest BCUT2D eigenvalue weighted by molar-refractivity contribution is 6.05. The van der Waals surface area contributed by atoms with E-state index in [0.29, 0.717) is 16.7 Å². The first-order chi connectivity index (χ1) is 15.3. The van der Waals surface area contributed by atoms with Gasteiger partial charge in [-0.25, -0.2) is 0 Å². The van der Waals surface area contributed by atoms with Crippen LogP contribution in [0, 0.1) is 0 Å². The molecule has 2 heterocycles. The topological polar surface area (TPSA) is 66.9 Å². The second kappa shape index (κ2) is 8.37. The van der Waals surface area contributed by atoms with Gasteiger partial charge in [0.25, 0.3) is 11.5 Å². The molecule has 0 bridgehead atoms. The highest BCUT2D eigenvalue weighted by Crippen LogP contribution is 2.30. The first-order valence-electron chi connectivity index (χ1n) is 10.1. The molecule has 2 aromatic carbocycles. The molecule has 1 amide bonds. The number of amides is 1. The van der Waals surface area contributed by atoms with Crippen LogP contribution in [0.2, 0.25) is 0 Å². The summed E-state index contributed by atoms with van der Waals surface area (Å²) in [5, 5.41) is 3.41. The molecular formula is C24H20F3N3O2. The molecule has 0 spiro atoms. The van der Waals surface area contributed by atoms with Crippen LogP contribution in [0.1, 0.15) is 35.0 Å². The van der Waals surface area contributed by atoms with Crippen molar-refractivity contribution in [1.82, 2.24) is 9.55 Å². The highest BCUT2D eigenvalue weighted by atomic mass is 19.4. The first kappa shape index (κ1) is 21.4. The quantitative estimate of drug-likeness (QED) is 0.429. The van der Waals surface area contributed by atoms with Crippen LogP contribution in [-0.4, -0.2) is 15.5 Å². The number of halogens is 3. The molecule has 164 valence electrons. The Morgan fingerprint density at radius 2 is 1.78 bits per heavy atom. The fourth-order valence-electron chi connectivity index (χ4n) is 3.59. The van der Waals surface area contributed by atoms with Gasteiger partial charge in [-0.1, -0.05) is 25.5 Å². The molecule has 0 aliphatic carbocycles. The summed E-state index contributed by atoms with van der Waals surface area (Å²) in [5.74, 6) is -0.388. The molecule has 32 heavy (non-hydrogen) atoms. The predicted molar refractivity (Wildman–Crippen MR) is 117 cm³/mol. The third-order valence-electron chi connectivity index (χ3n) is 5.10. The Kier molecular flexibility index (Phi) is 5.61. The van der Waals surface area contributed by atoms with Crippen LogP contribution < -0.4 is 10.9 Å². The number of carbonyl (C=O) groups is 1. The molecule has 8 heteroatoms. The zero-order chi connectivity index (χ0) is 22.9. The summed E-state index contributed by atoms with van der Waals surface area (Å²) in [4.78, 5) is 28.2. The molecule has 0 fully saturated rings. The molecule has 0 radical (unpaired) electrons. The molecule has 4 aromatic rings. The maximum Gasteiger partial charge on any atom is 0.416 e. The van der Waals surface area contributed by atoms with Gasteiger partial charge in [0.15, 0.2) is 0 Å². The summed E-state index contributed by atoms with van der Waals surface area (Å²) in [6, 6.07) is 16.3. The van der Waals surface area contributed by atoms with Gasteiger partial charge in [0.2, 0.25) is 0 Å². The number of hydrogen-bond donors (Lipinski definition) is 2. The largest absolute Gasteiger partial charge is 0.416 e. The smallest absolute Gasteiger partial charge is 0.336 e. The van der Waals surface area contributed by atoms with Gasteiger partial charge in [0.05, 0.1) is 11.3 Å². The first-order valence-corrected chi connectivity index (χ1v) is 10.1. The molecule has 5 nitrogen and oxygen atoms in total. The number of alkyl halides is 3. The number of nitrogens with zero attached hydrogens (tertiary/aromatic N) is 1. The van der Waals surface area contributed by atoms with E-state index < -0.39 is 17.3 Å². The monoisotopic (exact) mass is 439 g/mol. The van der Waals surface area contributed by atoms with Crippen LogP contribution in [0.25, 0.3) is 16.7 Å². The van der Waals surface area contributed by atoms with Crippen molar-refractivity contribution < 1.29 is 18.0 Å². The van der Waals surface area contributed by atoms with Crippen LogP contribution in [-0.2, 0) is 12.6 Å². The van der Waals surface area contributed by atoms with Crippen LogP contribution in [0.3, 0.4) is 0 Å². The van der Waals surface area contributed by atoms with Crippen LogP contribution in [0.15, 0.2) is 71.5 Å². The Labute approximate surface area is 181 Å². The standard InChI is InChI=1S/C24H20F3N3O2/c1-2-4-15-5-3-6-18(13-15)28-23(32)20-14-16-7-12-21(31)30(22(16)29-20)19-10-8-17(9-11-19)24(25,26)27/h3,5-14,29H,2,4H2,1H3,(H,28,32). The Bertz CT molecular complexity index is 1340. The summed E-state index contributed by atoms with van der Waals surface area (Å²) < 4.78 is 39.9. The van der Waals surface area contributed by atoms with E-state index >= 15 is 0 Å². The number of nitrogens with one attached hydrogen (secondary N) is 2. The lowest BCUT2D eigenvalue weighted by atomic mass is 10.1. The normalized spacial score (nSPS) is 11.6. The second-order valence-corrected chi connectivity index (χ2v) is 7.44. The van der Waals surface area contributed by atoms with E-state index in [-0.39, 0.29) is 17.3 Å². The Hall–Kier alpha value is -3.81. The number of aromatic nitrogens is 2. The van der Waals surface area contributed by atoms with Gasteiger partial charge in [0.1, 0.15) is 11.3 Å². The summed E-state index contributed by atoms with van der Waals surface area (Å²) in [5.41, 5.74) is 1.33. The maximum absolute atomic E-state index is 12.9. The summed E-state index contributed by atoms with van der Waals surface area (Å²) in [6.45, 7) is 2.08. The lowest BCUT2D eigenvalue weighted by molar-refractivity contribution is -0.137. The molecule has 0 unspecified atom stereocenters. The third-order valence-corrected chi connectivity index (χ3v) is 5.10. The van der Waals surface area contributed by atoms with Crippen molar-refractivity contribution in [1.29, 1.82) is 0 Å². The maximum atomic E-state index is 12.9. The van der Waals surface area contributed by atoms with Crippen molar-refractivity contribution in [3.8, 4) is 5.69 Å². The number of H-pyrrole nitrogens is 1. The lowest BCUT2D eigenvalue weighted by Crippen LogP contribution is -2.18. The number of aromatic amines is 1. The van der Waals surface area contributed by atoms with Crippen molar-refractivity contribution in [2.45, 2.75) is 25.9 Å². The van der Waals surface area contributed by atoms with E-state index in [1.54, 1.807) is 18.2 Å². The van der Waals surface area contributed by atoms with Crippen LogP contribution in [0.4, 0.5) is 18.9 Å². The van der Waals surface area contributed by atoms with E-state index in [0.717, 1.165) is 30.5 Å². The zero-order valence-corrected chi connectivity index (χ0v) is 17.2. The number of hydrogen-bond acceptors (Lipinski definition) is 2. The van der Waals surface area contributed by atoms with Crippen molar-refractivity contribution in [3.05, 3.63) is 93.9 Å². The van der Waals surface area contributed by atoms with Crippen molar-refractivity contribution >= 4 is 22.6 Å². The molecule has 4 rings (SSSR count). The average Bonchev–Trinajstić information content (AvgIpc) is 3.18. The molecular weight excluding hydrogens is 419 g/mol. The Morgan fingerprint density at radius 3 is 2.47 bits per heavy atom. The minimum atomic E-state index is -4.47. The molecule has 0 atom stereocenters. The average molecular weight is 439 g/mol. The van der Waals surface area contributed by atoms with Gasteiger partial charge in [-0.3, -0.25) is 14.2 Å². The summed E-state index contributed by atoms with van der Waals surface area (Å²) >= 11 is 0. The van der Waals surface area contributed by atoms with Crippen LogP contribution >= 0.6 is 0 Å². The molecule has 0 saturated heterocycles. The van der Waals surface area contributed by atoms with Crippen molar-refractivity contribution in [2.24, 2.45) is 0 Å². The zero-order valence-electron chi connectivity index (χ0n) is 17.2. The number of benzene rings is 2. The van der Waals surface area contributed by atoms with Gasteiger partial charge < -0.3 is 10.3 Å². The van der Waals surface area contributed by atoms with Gasteiger partial charge in [-0.05, 0) is 60.5 Å². The molecule has 0 saturated carbocycles. The SMILES string of the molecule is CCCc1cccc(NC(=O)c2cc3ccc(=O)n(-c4ccc(C(F)(F)F)cc4)c3[nH]2)c1. The lowest BCUT2D eigenvalue weighted by Gasteiger charge is -2.10. The Balaban J connectivity index is 1.68. The second-order valence-electron chi connectivity index (χ2n) is 7.44. The number of aryl methyl sites for hydroxylation is 1. The molecule has 0 aliphatic heterocycles. The van der Waals surface area contributed by atoms with Gasteiger partial charge >= 0.3 is 6.18 Å². The van der Waals surface area contributed by atoms with E-state index in [1.807, 2.05) is 18.2 Å². The van der Waals surface area contributed by atoms with Gasteiger partial charge in [-0.2, -0.15) is 13.2 Å². The van der Waals surface area contributed by atoms with Crippen molar-refractivity contribution in [3.63, 3.8) is 0 Å². The molecule has 0 aliphatic rings. The number of carbonyl (C=O) groups excluding carboxylic acids is 1. The fourth-order valence-corrected chi connectivity index (χ4v) is 3.59. The highest BCUT2D eigenvalue weighted by Gasteiger charge is 2.30. The van der Waals surface area contributed by atoms with E-state index in [4.69, 9.17) is 0 Å². The van der Waals surface area contributed by atoms with E-state index in [9.17, 15) is 22.8 Å². The number of anilines is 1. The molecule has 2 aromatic heterocycles. The van der Waals surface area contributed by atoms with Crippen LogP contribution in [0.5, 0.6) is 0 Å². The van der Waals surface area contributed by atoms with E-state index in [2.05, 4.69) is 17.2 Å². The summed E-state index contributed by atoms with van der Waals surface area (Å²) in [6.07, 6.45) is -2.59. The minimum absolute atomic E-state index is 0.229. The van der Waals surface area contributed by atoms with E-state index in [1.165, 1.54) is 22.8 Å². The summed E-state index contributed by atoms with van der Waals surface area (Å²) in [7, 11) is 0. The number of fused-ring (bicyclic) bond motifs is 1. The predicted octanol–water partition coefficient (Wildman–Crippen LogP) is 5.54. The molecule has 2 N–H and O–H groups in total. The number of pyridine rings is 1. The van der Waals surface area contributed by atoms with Gasteiger partial charge in [0, 0.05) is 17.1 Å². The van der Waals surface area contributed by atoms with Gasteiger partial charge in [-0.15, -0.1) is 0 Å². The fraction of sp³-hybridized carbons (Fsp3) is 0.167. The van der Waals surface area contributed by atoms with Crippen molar-refractivity contribution in [2.75, 3.05) is 5.32 Å².